The minimum absolute atomic E-state index is 0.206. The third-order valence-electron chi connectivity index (χ3n) is 2.26. The smallest absolute Gasteiger partial charge is 0.162 e. The van der Waals surface area contributed by atoms with E-state index in [1.165, 1.54) is 6.07 Å². The van der Waals surface area contributed by atoms with Crippen LogP contribution >= 0.6 is 0 Å². The molecule has 1 aromatic rings. The van der Waals surface area contributed by atoms with Crippen molar-refractivity contribution in [3.63, 3.8) is 0 Å². The van der Waals surface area contributed by atoms with Gasteiger partial charge in [0, 0.05) is 18.5 Å². The van der Waals surface area contributed by atoms with Crippen LogP contribution in [0.25, 0.3) is 0 Å². The molecule has 0 aliphatic carbocycles. The quantitative estimate of drug-likeness (QED) is 0.848. The summed E-state index contributed by atoms with van der Waals surface area (Å²) in [6, 6.07) is 5.37. The van der Waals surface area contributed by atoms with Gasteiger partial charge in [-0.1, -0.05) is 0 Å². The molecule has 1 unspecified atom stereocenters. The maximum absolute atomic E-state index is 12.9. The predicted molar refractivity (Wildman–Crippen MR) is 64.1 cm³/mol. The van der Waals surface area contributed by atoms with Gasteiger partial charge in [-0.25, -0.2) is 8.78 Å². The summed E-state index contributed by atoms with van der Waals surface area (Å²) in [6.07, 6.45) is 0.480. The minimum Gasteiger partial charge on any atom is -0.493 e. The number of rotatable bonds is 6. The van der Waals surface area contributed by atoms with E-state index in [9.17, 15) is 8.78 Å². The van der Waals surface area contributed by atoms with Gasteiger partial charge < -0.3 is 4.74 Å². The van der Waals surface area contributed by atoms with Gasteiger partial charge in [0.05, 0.1) is 18.7 Å². The fourth-order valence-corrected chi connectivity index (χ4v) is 1.45. The molecule has 18 heavy (non-hydrogen) atoms. The highest BCUT2D eigenvalue weighted by Gasteiger charge is 2.09. The molecule has 0 aliphatic rings. The monoisotopic (exact) mass is 254 g/mol. The third-order valence-corrected chi connectivity index (χ3v) is 2.26. The Balaban J connectivity index is 2.41. The number of nitrogens with zero attached hydrogens (tertiary/aromatic N) is 1. The standard InChI is InChI=1S/C13H16F2N2O/c1-9(2)17-10(8-16)5-6-18-11-3-4-12(14)13(15)7-11/h3-4,7,9-10,17H,5-6H2,1-2H3. The zero-order valence-corrected chi connectivity index (χ0v) is 10.4. The molecule has 0 fully saturated rings. The summed E-state index contributed by atoms with van der Waals surface area (Å²) in [7, 11) is 0. The molecule has 0 saturated heterocycles. The Morgan fingerprint density at radius 3 is 2.61 bits per heavy atom. The van der Waals surface area contributed by atoms with Gasteiger partial charge in [0.25, 0.3) is 0 Å². The Morgan fingerprint density at radius 2 is 2.06 bits per heavy atom. The van der Waals surface area contributed by atoms with Crippen LogP contribution in [0.4, 0.5) is 8.78 Å². The fraction of sp³-hybridized carbons (Fsp3) is 0.462. The molecule has 0 spiro atoms. The van der Waals surface area contributed by atoms with Crippen LogP contribution in [0, 0.1) is 23.0 Å². The normalized spacial score (nSPS) is 12.2. The van der Waals surface area contributed by atoms with Crippen LogP contribution in [0.5, 0.6) is 5.75 Å². The summed E-state index contributed by atoms with van der Waals surface area (Å²) in [4.78, 5) is 0. The number of halogens is 2. The maximum atomic E-state index is 12.9. The lowest BCUT2D eigenvalue weighted by molar-refractivity contribution is 0.292. The lowest BCUT2D eigenvalue weighted by Crippen LogP contribution is -2.34. The van der Waals surface area contributed by atoms with Gasteiger partial charge in [-0.2, -0.15) is 5.26 Å². The van der Waals surface area contributed by atoms with Crippen molar-refractivity contribution in [2.45, 2.75) is 32.4 Å². The van der Waals surface area contributed by atoms with E-state index in [0.717, 1.165) is 12.1 Å². The summed E-state index contributed by atoms with van der Waals surface area (Å²) in [5.41, 5.74) is 0. The summed E-state index contributed by atoms with van der Waals surface area (Å²) < 4.78 is 30.8. The lowest BCUT2D eigenvalue weighted by Gasteiger charge is -2.14. The molecule has 3 nitrogen and oxygen atoms in total. The van der Waals surface area contributed by atoms with Gasteiger partial charge in [-0.15, -0.1) is 0 Å². The van der Waals surface area contributed by atoms with E-state index in [1.54, 1.807) is 0 Å². The first kappa shape index (κ1) is 14.4. The van der Waals surface area contributed by atoms with Crippen LogP contribution in [-0.4, -0.2) is 18.7 Å². The second-order valence-corrected chi connectivity index (χ2v) is 4.22. The molecule has 1 rings (SSSR count). The summed E-state index contributed by atoms with van der Waals surface area (Å²) in [6.45, 7) is 4.16. The molecule has 0 heterocycles. The van der Waals surface area contributed by atoms with E-state index in [-0.39, 0.29) is 24.4 Å². The van der Waals surface area contributed by atoms with Crippen LogP contribution in [0.1, 0.15) is 20.3 Å². The van der Waals surface area contributed by atoms with Crippen LogP contribution in [-0.2, 0) is 0 Å². The maximum Gasteiger partial charge on any atom is 0.162 e. The predicted octanol–water partition coefficient (Wildman–Crippen LogP) is 2.62. The Labute approximate surface area is 105 Å². The molecule has 5 heteroatoms. The first-order valence-electron chi connectivity index (χ1n) is 5.76. The van der Waals surface area contributed by atoms with Crippen molar-refractivity contribution in [2.75, 3.05) is 6.61 Å². The largest absolute Gasteiger partial charge is 0.493 e. The van der Waals surface area contributed by atoms with Crippen LogP contribution in [0.2, 0.25) is 0 Å². The molecule has 1 N–H and O–H groups in total. The third kappa shape index (κ3) is 4.68. The van der Waals surface area contributed by atoms with Gasteiger partial charge >= 0.3 is 0 Å². The van der Waals surface area contributed by atoms with Crippen LogP contribution < -0.4 is 10.1 Å². The van der Waals surface area contributed by atoms with E-state index in [4.69, 9.17) is 10.00 Å². The van der Waals surface area contributed by atoms with E-state index >= 15 is 0 Å². The first-order chi connectivity index (χ1) is 8.52. The Bertz CT molecular complexity index is 429. The number of benzene rings is 1. The number of nitrogens with one attached hydrogen (secondary N) is 1. The zero-order valence-electron chi connectivity index (χ0n) is 10.4. The van der Waals surface area contributed by atoms with Crippen LogP contribution in [0.15, 0.2) is 18.2 Å². The molecule has 0 radical (unpaired) electrons. The molecule has 0 aliphatic heterocycles. The zero-order chi connectivity index (χ0) is 13.5. The SMILES string of the molecule is CC(C)NC(C#N)CCOc1ccc(F)c(F)c1. The Kier molecular flexibility index (Phi) is 5.53. The Morgan fingerprint density at radius 1 is 1.33 bits per heavy atom. The summed E-state index contributed by atoms with van der Waals surface area (Å²) in [5, 5.41) is 11.9. The fourth-order valence-electron chi connectivity index (χ4n) is 1.45. The van der Waals surface area contributed by atoms with Gasteiger partial charge in [-0.3, -0.25) is 5.32 Å². The minimum atomic E-state index is -0.940. The molecule has 0 aromatic heterocycles. The number of nitriles is 1. The van der Waals surface area contributed by atoms with Gasteiger partial charge in [0.1, 0.15) is 5.75 Å². The lowest BCUT2D eigenvalue weighted by atomic mass is 10.2. The highest BCUT2D eigenvalue weighted by molar-refractivity contribution is 5.23. The number of ether oxygens (including phenoxy) is 1. The molecule has 98 valence electrons. The van der Waals surface area contributed by atoms with Gasteiger partial charge in [0.2, 0.25) is 0 Å². The van der Waals surface area contributed by atoms with Gasteiger partial charge in [-0.05, 0) is 26.0 Å². The number of hydrogen-bond donors (Lipinski definition) is 1. The van der Waals surface area contributed by atoms with E-state index in [1.807, 2.05) is 13.8 Å². The van der Waals surface area contributed by atoms with E-state index in [2.05, 4.69) is 11.4 Å². The molecular weight excluding hydrogens is 238 g/mol. The van der Waals surface area contributed by atoms with Gasteiger partial charge in [0.15, 0.2) is 11.6 Å². The second kappa shape index (κ2) is 6.92. The molecule has 0 bridgehead atoms. The molecule has 1 atom stereocenters. The summed E-state index contributed by atoms with van der Waals surface area (Å²) >= 11 is 0. The molecule has 0 amide bonds. The van der Waals surface area contributed by atoms with E-state index < -0.39 is 11.6 Å². The van der Waals surface area contributed by atoms with Crippen molar-refractivity contribution < 1.29 is 13.5 Å². The average molecular weight is 254 g/mol. The van der Waals surface area contributed by atoms with E-state index in [0.29, 0.717) is 6.42 Å². The average Bonchev–Trinajstić information content (AvgIpc) is 2.32. The molecular formula is C13H16F2N2O. The van der Waals surface area contributed by atoms with Crippen molar-refractivity contribution in [2.24, 2.45) is 0 Å². The van der Waals surface area contributed by atoms with Crippen molar-refractivity contribution in [3.05, 3.63) is 29.8 Å². The molecule has 1 aromatic carbocycles. The number of hydrogen-bond acceptors (Lipinski definition) is 3. The topological polar surface area (TPSA) is 45.0 Å². The first-order valence-corrected chi connectivity index (χ1v) is 5.76. The second-order valence-electron chi connectivity index (χ2n) is 4.22. The highest BCUT2D eigenvalue weighted by atomic mass is 19.2. The summed E-state index contributed by atoms with van der Waals surface area (Å²) in [5.74, 6) is -1.58. The molecule has 0 saturated carbocycles. The van der Waals surface area contributed by atoms with Crippen molar-refractivity contribution in [1.29, 1.82) is 5.26 Å². The van der Waals surface area contributed by atoms with Crippen molar-refractivity contribution in [1.82, 2.24) is 5.32 Å². The van der Waals surface area contributed by atoms with Crippen LogP contribution in [0.3, 0.4) is 0 Å². The van der Waals surface area contributed by atoms with Crippen molar-refractivity contribution >= 4 is 0 Å². The Hall–Kier alpha value is -1.67. The highest BCUT2D eigenvalue weighted by Crippen LogP contribution is 2.15. The van der Waals surface area contributed by atoms with Crippen molar-refractivity contribution in [3.8, 4) is 11.8 Å².